The van der Waals surface area contributed by atoms with Gasteiger partial charge in [-0.15, -0.1) is 0 Å². The number of rotatable bonds is 2. The summed E-state index contributed by atoms with van der Waals surface area (Å²) < 4.78 is 11.1. The molecule has 2 aromatic carbocycles. The van der Waals surface area contributed by atoms with E-state index in [1.807, 2.05) is 12.1 Å². The molecule has 0 aliphatic carbocycles. The van der Waals surface area contributed by atoms with E-state index >= 15 is 0 Å². The van der Waals surface area contributed by atoms with Crippen molar-refractivity contribution >= 4 is 5.78 Å². The predicted octanol–water partition coefficient (Wildman–Crippen LogP) is -0.262. The second-order valence-electron chi connectivity index (χ2n) is 8.91. The summed E-state index contributed by atoms with van der Waals surface area (Å²) in [7, 11) is 0. The lowest BCUT2D eigenvalue weighted by molar-refractivity contribution is -1.18. The third kappa shape index (κ3) is 1.98. The molecule has 4 bridgehead atoms. The van der Waals surface area contributed by atoms with Gasteiger partial charge in [0.1, 0.15) is 31.6 Å². The molecule has 5 aliphatic heterocycles. The van der Waals surface area contributed by atoms with Gasteiger partial charge in [0, 0.05) is 0 Å². The standard InChI is InChI=1S/C22H22N2O3/c1-21-10-23-12-22(20(21)25,16-5-3-2-4-6-16)13-24(11-21)19(23)15-7-8-17-18(9-15)27-14-26-17/h2-9,19H,10-14H2,1H3/p+2. The Morgan fingerprint density at radius 3 is 2.37 bits per heavy atom. The van der Waals surface area contributed by atoms with Gasteiger partial charge in [0.2, 0.25) is 13.0 Å². The Morgan fingerprint density at radius 1 is 0.926 bits per heavy atom. The van der Waals surface area contributed by atoms with Crippen molar-refractivity contribution in [2.45, 2.75) is 18.5 Å². The van der Waals surface area contributed by atoms with Crippen molar-refractivity contribution in [1.29, 1.82) is 0 Å². The zero-order chi connectivity index (χ0) is 18.2. The summed E-state index contributed by atoms with van der Waals surface area (Å²) in [5, 5.41) is 0. The van der Waals surface area contributed by atoms with Crippen LogP contribution in [0.25, 0.3) is 0 Å². The van der Waals surface area contributed by atoms with E-state index < -0.39 is 0 Å². The van der Waals surface area contributed by atoms with E-state index in [0.29, 0.717) is 18.7 Å². The Balaban J connectivity index is 1.43. The Morgan fingerprint density at radius 2 is 1.63 bits per heavy atom. The number of Topliss-reactive ketones (excluding diaryl/α,β-unsaturated/α-hetero) is 1. The van der Waals surface area contributed by atoms with Crippen molar-refractivity contribution in [3.63, 3.8) is 0 Å². The first-order chi connectivity index (χ1) is 13.1. The number of fused-ring (bicyclic) bond motifs is 1. The number of ether oxygens (including phenoxy) is 2. The smallest absolute Gasteiger partial charge is 0.240 e. The average Bonchev–Trinajstić information content (AvgIpc) is 3.13. The van der Waals surface area contributed by atoms with Crippen LogP contribution < -0.4 is 19.3 Å². The fourth-order valence-electron chi connectivity index (χ4n) is 6.28. The molecule has 0 saturated carbocycles. The Bertz CT molecular complexity index is 926. The zero-order valence-corrected chi connectivity index (χ0v) is 15.5. The molecule has 2 N–H and O–H groups in total. The normalized spacial score (nSPS) is 38.4. The summed E-state index contributed by atoms with van der Waals surface area (Å²) in [4.78, 5) is 16.6. The van der Waals surface area contributed by atoms with Crippen molar-refractivity contribution in [2.24, 2.45) is 5.41 Å². The molecular formula is C22H24N2O3+2. The summed E-state index contributed by atoms with van der Waals surface area (Å²) in [5.41, 5.74) is 1.91. The van der Waals surface area contributed by atoms with E-state index in [-0.39, 0.29) is 10.8 Å². The molecular weight excluding hydrogens is 340 g/mol. The van der Waals surface area contributed by atoms with Crippen molar-refractivity contribution in [2.75, 3.05) is 33.0 Å². The monoisotopic (exact) mass is 364 g/mol. The van der Waals surface area contributed by atoms with Crippen molar-refractivity contribution in [3.8, 4) is 11.5 Å². The predicted molar refractivity (Wildman–Crippen MR) is 97.9 cm³/mol. The number of carbonyl (C=O) groups excluding carboxylic acids is 1. The van der Waals surface area contributed by atoms with Gasteiger partial charge in [-0.25, -0.2) is 0 Å². The highest BCUT2D eigenvalue weighted by molar-refractivity contribution is 5.96. The maximum Gasteiger partial charge on any atom is 0.240 e. The van der Waals surface area contributed by atoms with Gasteiger partial charge >= 0.3 is 0 Å². The highest BCUT2D eigenvalue weighted by Crippen LogP contribution is 2.40. The number of hydrogen-bond donors (Lipinski definition) is 2. The molecule has 5 heteroatoms. The Kier molecular flexibility index (Phi) is 2.97. The number of piperidine rings is 2. The summed E-state index contributed by atoms with van der Waals surface area (Å²) in [6, 6.07) is 16.8. The summed E-state index contributed by atoms with van der Waals surface area (Å²) in [6.07, 6.45) is 0.359. The van der Waals surface area contributed by atoms with E-state index in [1.165, 1.54) is 20.9 Å². The van der Waals surface area contributed by atoms with Gasteiger partial charge in [-0.3, -0.25) is 14.6 Å². The number of ketones is 1. The zero-order valence-electron chi connectivity index (χ0n) is 15.5. The molecule has 7 rings (SSSR count). The summed E-state index contributed by atoms with van der Waals surface area (Å²) >= 11 is 0. The number of carbonyl (C=O) groups is 1. The molecule has 4 saturated heterocycles. The first-order valence-electron chi connectivity index (χ1n) is 9.78. The van der Waals surface area contributed by atoms with E-state index in [0.717, 1.165) is 37.7 Å². The number of hydrogen-bond acceptors (Lipinski definition) is 3. The molecule has 27 heavy (non-hydrogen) atoms. The third-order valence-electron chi connectivity index (χ3n) is 7.15. The molecule has 0 spiro atoms. The lowest BCUT2D eigenvalue weighted by Gasteiger charge is -2.59. The lowest BCUT2D eigenvalue weighted by Crippen LogP contribution is -3.41. The minimum Gasteiger partial charge on any atom is -0.454 e. The van der Waals surface area contributed by atoms with Crippen LogP contribution in [0.2, 0.25) is 0 Å². The van der Waals surface area contributed by atoms with E-state index in [2.05, 4.69) is 43.3 Å². The van der Waals surface area contributed by atoms with Gasteiger partial charge in [0.05, 0.1) is 5.56 Å². The van der Waals surface area contributed by atoms with Gasteiger partial charge in [-0.1, -0.05) is 30.3 Å². The van der Waals surface area contributed by atoms with Gasteiger partial charge < -0.3 is 9.47 Å². The van der Waals surface area contributed by atoms with Crippen LogP contribution in [-0.2, 0) is 10.2 Å². The SMILES string of the molecule is CC12C[NH+]3CC(c4ccccc4)(C[NH+](C1)C3c1ccc3c(c1)OCO3)C2=O. The van der Waals surface area contributed by atoms with Crippen LogP contribution in [0.15, 0.2) is 48.5 Å². The highest BCUT2D eigenvalue weighted by atomic mass is 16.7. The fraction of sp³-hybridized carbons (Fsp3) is 0.409. The number of benzene rings is 2. The molecule has 5 nitrogen and oxygen atoms in total. The molecule has 4 fully saturated rings. The van der Waals surface area contributed by atoms with Crippen LogP contribution in [-0.4, -0.2) is 38.8 Å². The lowest BCUT2D eigenvalue weighted by atomic mass is 9.58. The van der Waals surface area contributed by atoms with E-state index in [9.17, 15) is 4.79 Å². The van der Waals surface area contributed by atoms with Crippen LogP contribution in [0.3, 0.4) is 0 Å². The topological polar surface area (TPSA) is 44.4 Å². The van der Waals surface area contributed by atoms with Crippen LogP contribution in [0.5, 0.6) is 11.5 Å². The molecule has 138 valence electrons. The van der Waals surface area contributed by atoms with Crippen LogP contribution in [0.4, 0.5) is 0 Å². The van der Waals surface area contributed by atoms with Gasteiger partial charge in [-0.05, 0) is 30.7 Å². The van der Waals surface area contributed by atoms with Crippen LogP contribution in [0, 0.1) is 5.41 Å². The van der Waals surface area contributed by atoms with Crippen molar-refractivity contribution < 1.29 is 24.1 Å². The van der Waals surface area contributed by atoms with Gasteiger partial charge in [-0.2, -0.15) is 0 Å². The second-order valence-corrected chi connectivity index (χ2v) is 8.91. The number of quaternary nitrogens is 2. The Labute approximate surface area is 158 Å². The fourth-order valence-corrected chi connectivity index (χ4v) is 6.28. The van der Waals surface area contributed by atoms with Gasteiger partial charge in [0.15, 0.2) is 22.7 Å². The molecule has 5 aliphatic rings. The molecule has 0 amide bonds. The van der Waals surface area contributed by atoms with Crippen LogP contribution in [0.1, 0.15) is 24.2 Å². The van der Waals surface area contributed by atoms with E-state index in [1.54, 1.807) is 0 Å². The first-order valence-corrected chi connectivity index (χ1v) is 9.78. The van der Waals surface area contributed by atoms with E-state index in [4.69, 9.17) is 9.47 Å². The number of nitrogens with one attached hydrogen (secondary N) is 2. The maximum atomic E-state index is 13.6. The molecule has 2 unspecified atom stereocenters. The Hall–Kier alpha value is -2.37. The summed E-state index contributed by atoms with van der Waals surface area (Å²) in [5.74, 6) is 2.14. The second kappa shape index (κ2) is 5.12. The molecule has 5 heterocycles. The highest BCUT2D eigenvalue weighted by Gasteiger charge is 2.70. The third-order valence-corrected chi connectivity index (χ3v) is 7.15. The minimum atomic E-state index is -0.343. The molecule has 2 aromatic rings. The average molecular weight is 364 g/mol. The summed E-state index contributed by atoms with van der Waals surface area (Å²) in [6.45, 7) is 6.09. The molecule has 2 atom stereocenters. The minimum absolute atomic E-state index is 0.232. The van der Waals surface area contributed by atoms with Crippen molar-refractivity contribution in [1.82, 2.24) is 0 Å². The molecule has 0 aromatic heterocycles. The quantitative estimate of drug-likeness (QED) is 0.772. The largest absolute Gasteiger partial charge is 0.454 e. The van der Waals surface area contributed by atoms with Crippen molar-refractivity contribution in [3.05, 3.63) is 59.7 Å². The van der Waals surface area contributed by atoms with Crippen LogP contribution >= 0.6 is 0 Å². The molecule has 0 radical (unpaired) electrons. The maximum absolute atomic E-state index is 13.6. The first kappa shape index (κ1) is 15.7. The van der Waals surface area contributed by atoms with Gasteiger partial charge in [0.25, 0.3) is 0 Å².